The van der Waals surface area contributed by atoms with Gasteiger partial charge in [-0.05, 0) is 49.8 Å². The number of amides is 9. The Kier molecular flexibility index (Phi) is 19.0. The number of hydrogen-bond donors (Lipinski definition) is 11. The van der Waals surface area contributed by atoms with Crippen LogP contribution >= 0.6 is 0 Å². The number of rotatable bonds is 10. The maximum Gasteiger partial charge on any atom is 0.243 e. The highest BCUT2D eigenvalue weighted by Crippen LogP contribution is 2.07. The number of guanidine groups is 1. The maximum atomic E-state index is 13.5. The zero-order valence-electron chi connectivity index (χ0n) is 30.3. The zero-order chi connectivity index (χ0) is 40.9. The van der Waals surface area contributed by atoms with Gasteiger partial charge in [0, 0.05) is 32.9 Å². The summed E-state index contributed by atoms with van der Waals surface area (Å²) >= 11 is 0. The molecule has 0 saturated carbocycles. The van der Waals surface area contributed by atoms with E-state index in [2.05, 4.69) is 47.5 Å². The number of nitrogens with two attached hydrogens (primary N) is 3. The van der Waals surface area contributed by atoms with E-state index < -0.39 is 103 Å². The molecule has 2 rings (SSSR count). The highest BCUT2D eigenvalue weighted by molar-refractivity contribution is 5.95. The summed E-state index contributed by atoms with van der Waals surface area (Å²) in [5.41, 5.74) is 16.5. The number of nitrogens with zero attached hydrogens (tertiary/aromatic N) is 1. The van der Waals surface area contributed by atoms with Crippen molar-refractivity contribution in [3.05, 3.63) is 35.6 Å². The van der Waals surface area contributed by atoms with E-state index in [0.717, 1.165) is 12.1 Å². The number of benzene rings is 1. The van der Waals surface area contributed by atoms with E-state index in [1.807, 2.05) is 0 Å². The normalized spacial score (nSPS) is 20.4. The Morgan fingerprint density at radius 2 is 1.47 bits per heavy atom. The minimum Gasteiger partial charge on any atom is -0.370 e. The molecule has 55 heavy (non-hydrogen) atoms. The van der Waals surface area contributed by atoms with E-state index in [4.69, 9.17) is 17.2 Å². The molecular weight excluding hydrogens is 727 g/mol. The first-order chi connectivity index (χ1) is 26.0. The van der Waals surface area contributed by atoms with Crippen LogP contribution in [0.1, 0.15) is 51.0 Å². The first-order valence-electron chi connectivity index (χ1n) is 17.4. The molecule has 22 heteroatoms. The molecule has 14 N–H and O–H groups in total. The molecule has 0 spiro atoms. The Labute approximate surface area is 315 Å². The summed E-state index contributed by atoms with van der Waals surface area (Å²) in [4.78, 5) is 118. The highest BCUT2D eigenvalue weighted by atomic mass is 19.1. The second-order valence-corrected chi connectivity index (χ2v) is 12.5. The van der Waals surface area contributed by atoms with Crippen LogP contribution in [0.25, 0.3) is 0 Å². The number of hydrogen-bond acceptors (Lipinski definition) is 10. The van der Waals surface area contributed by atoms with Crippen LogP contribution < -0.4 is 59.7 Å². The van der Waals surface area contributed by atoms with Crippen molar-refractivity contribution in [3.8, 4) is 0 Å². The van der Waals surface area contributed by atoms with Gasteiger partial charge in [-0.1, -0.05) is 12.1 Å². The second kappa shape index (κ2) is 23.3. The Bertz CT molecular complexity index is 1590. The van der Waals surface area contributed by atoms with E-state index in [0.29, 0.717) is 5.56 Å². The van der Waals surface area contributed by atoms with Crippen molar-refractivity contribution < 1.29 is 47.5 Å². The van der Waals surface area contributed by atoms with Gasteiger partial charge in [-0.3, -0.25) is 48.1 Å². The average Bonchev–Trinajstić information content (AvgIpc) is 3.12. The molecular formula is C33H49FN12O9. The summed E-state index contributed by atoms with van der Waals surface area (Å²) in [6, 6.07) is 0.120. The second-order valence-electron chi connectivity index (χ2n) is 12.5. The van der Waals surface area contributed by atoms with E-state index in [-0.39, 0.29) is 64.0 Å². The molecule has 1 aliphatic rings. The fourth-order valence-corrected chi connectivity index (χ4v) is 5.12. The van der Waals surface area contributed by atoms with Crippen LogP contribution in [0.4, 0.5) is 4.39 Å². The lowest BCUT2D eigenvalue weighted by atomic mass is 10.0. The van der Waals surface area contributed by atoms with Crippen molar-refractivity contribution >= 4 is 59.1 Å². The first-order valence-corrected chi connectivity index (χ1v) is 17.4. The van der Waals surface area contributed by atoms with Crippen LogP contribution in [0.3, 0.4) is 0 Å². The van der Waals surface area contributed by atoms with E-state index in [9.17, 15) is 47.5 Å². The van der Waals surface area contributed by atoms with Crippen molar-refractivity contribution in [3.63, 3.8) is 0 Å². The largest absolute Gasteiger partial charge is 0.370 e. The highest BCUT2D eigenvalue weighted by Gasteiger charge is 2.28. The molecule has 0 aromatic heterocycles. The summed E-state index contributed by atoms with van der Waals surface area (Å²) in [7, 11) is 0. The molecule has 1 aliphatic heterocycles. The van der Waals surface area contributed by atoms with Crippen molar-refractivity contribution in [1.29, 1.82) is 0 Å². The fraction of sp³-hybridized carbons (Fsp3) is 0.515. The van der Waals surface area contributed by atoms with Crippen LogP contribution in [0.5, 0.6) is 0 Å². The SMILES string of the molecule is CC(=O)NC(CCCN=C(N)N)C(=O)NC1CCCNC(=O)CCC(C(N)=O)NC(=O)CNC(=O)CNC(=O)C(Cc2ccc(F)cc2)NC(=O)CNC1=O. The molecule has 0 radical (unpaired) electrons. The number of carbonyl (C=O) groups is 9. The van der Waals surface area contributed by atoms with Gasteiger partial charge >= 0.3 is 0 Å². The van der Waals surface area contributed by atoms with Crippen LogP contribution in [0, 0.1) is 5.82 Å². The molecule has 4 atom stereocenters. The third-order valence-corrected chi connectivity index (χ3v) is 7.90. The van der Waals surface area contributed by atoms with Crippen molar-refractivity contribution in [2.24, 2.45) is 22.2 Å². The predicted molar refractivity (Wildman–Crippen MR) is 193 cm³/mol. The van der Waals surface area contributed by atoms with E-state index in [1.165, 1.54) is 19.1 Å². The first kappa shape index (κ1) is 44.8. The Morgan fingerprint density at radius 1 is 0.836 bits per heavy atom. The van der Waals surface area contributed by atoms with Gasteiger partial charge in [-0.15, -0.1) is 0 Å². The molecule has 1 fully saturated rings. The monoisotopic (exact) mass is 776 g/mol. The summed E-state index contributed by atoms with van der Waals surface area (Å²) in [6.45, 7) is -0.530. The standard InChI is InChI=1S/C33H49FN12O9/c1-18(47)43-23(5-3-13-39-33(36)37)32(55)46-22-4-2-12-38-25(48)11-10-21(29(35)52)44-27(50)16-40-26(49)15-41-31(54)24(45-28(51)17-42-30(22)53)14-19-6-8-20(34)9-7-19/h6-9,21-24H,2-5,10-17H2,1H3,(H2,35,52)(H,38,48)(H,40,49)(H,41,54)(H,42,53)(H,43,47)(H,44,50)(H,45,51)(H,46,55)(H4,36,37,39). The average molecular weight is 777 g/mol. The minimum absolute atomic E-state index is 0.00636. The zero-order valence-corrected chi connectivity index (χ0v) is 30.3. The van der Waals surface area contributed by atoms with Crippen molar-refractivity contribution in [2.45, 2.75) is 76.0 Å². The lowest BCUT2D eigenvalue weighted by molar-refractivity contribution is -0.133. The van der Waals surface area contributed by atoms with E-state index in [1.54, 1.807) is 0 Å². The van der Waals surface area contributed by atoms with Gasteiger partial charge in [-0.2, -0.15) is 0 Å². The molecule has 1 saturated heterocycles. The Morgan fingerprint density at radius 3 is 2.13 bits per heavy atom. The molecule has 4 unspecified atom stereocenters. The summed E-state index contributed by atoms with van der Waals surface area (Å²) < 4.78 is 13.5. The molecule has 21 nitrogen and oxygen atoms in total. The summed E-state index contributed by atoms with van der Waals surface area (Å²) in [5.74, 6) is -7.51. The lowest BCUT2D eigenvalue weighted by Crippen LogP contribution is -2.55. The number of nitrogens with one attached hydrogen (secondary N) is 8. The van der Waals surface area contributed by atoms with Crippen LogP contribution in [0.15, 0.2) is 29.3 Å². The smallest absolute Gasteiger partial charge is 0.243 e. The van der Waals surface area contributed by atoms with Gasteiger partial charge in [0.15, 0.2) is 5.96 Å². The molecule has 1 aromatic rings. The molecule has 0 bridgehead atoms. The van der Waals surface area contributed by atoms with Gasteiger partial charge < -0.3 is 59.7 Å². The quantitative estimate of drug-likeness (QED) is 0.0607. The molecule has 302 valence electrons. The van der Waals surface area contributed by atoms with Crippen LogP contribution in [0.2, 0.25) is 0 Å². The third kappa shape index (κ3) is 18.3. The van der Waals surface area contributed by atoms with Gasteiger partial charge in [0.2, 0.25) is 53.2 Å². The van der Waals surface area contributed by atoms with Crippen LogP contribution in [-0.4, -0.2) is 116 Å². The minimum atomic E-state index is -1.32. The number of halogens is 1. The maximum absolute atomic E-state index is 13.5. The van der Waals surface area contributed by atoms with Gasteiger partial charge in [-0.25, -0.2) is 4.39 Å². The van der Waals surface area contributed by atoms with Gasteiger partial charge in [0.25, 0.3) is 0 Å². The third-order valence-electron chi connectivity index (χ3n) is 7.90. The number of aliphatic imine (C=N–C) groups is 1. The topological polar surface area (TPSA) is 340 Å². The Balaban J connectivity index is 2.30. The Hall–Kier alpha value is -6.35. The van der Waals surface area contributed by atoms with Gasteiger partial charge in [0.05, 0.1) is 19.6 Å². The van der Waals surface area contributed by atoms with Crippen molar-refractivity contribution in [1.82, 2.24) is 42.5 Å². The fourth-order valence-electron chi connectivity index (χ4n) is 5.12. The molecule has 1 aromatic carbocycles. The van der Waals surface area contributed by atoms with Crippen LogP contribution in [-0.2, 0) is 49.6 Å². The molecule has 1 heterocycles. The number of carbonyl (C=O) groups excluding carboxylic acids is 9. The lowest BCUT2D eigenvalue weighted by Gasteiger charge is -2.23. The summed E-state index contributed by atoms with van der Waals surface area (Å²) in [5, 5.41) is 19.5. The predicted octanol–water partition coefficient (Wildman–Crippen LogP) is -5.10. The van der Waals surface area contributed by atoms with E-state index >= 15 is 0 Å². The molecule has 0 aliphatic carbocycles. The summed E-state index contributed by atoms with van der Waals surface area (Å²) in [6.07, 6.45) is -0.111. The van der Waals surface area contributed by atoms with Crippen molar-refractivity contribution in [2.75, 3.05) is 32.7 Å². The molecule has 9 amide bonds. The number of primary amides is 1. The van der Waals surface area contributed by atoms with Gasteiger partial charge in [0.1, 0.15) is 30.0 Å².